The van der Waals surface area contributed by atoms with Crippen LogP contribution in [0.4, 0.5) is 0 Å². The summed E-state index contributed by atoms with van der Waals surface area (Å²) in [6, 6.07) is 15.7. The fourth-order valence-corrected chi connectivity index (χ4v) is 3.67. The van der Waals surface area contributed by atoms with Crippen molar-refractivity contribution in [2.75, 3.05) is 0 Å². The highest BCUT2D eigenvalue weighted by Gasteiger charge is 2.22. The number of aromatic amines is 1. The van der Waals surface area contributed by atoms with Crippen molar-refractivity contribution in [3.05, 3.63) is 71.3 Å². The monoisotopic (exact) mass is 418 g/mol. The Morgan fingerprint density at radius 1 is 1.10 bits per heavy atom. The summed E-state index contributed by atoms with van der Waals surface area (Å²) >= 11 is 0. The first-order valence-corrected chi connectivity index (χ1v) is 9.97. The van der Waals surface area contributed by atoms with Crippen LogP contribution in [-0.4, -0.2) is 46.4 Å². The molecule has 0 spiro atoms. The van der Waals surface area contributed by atoms with Gasteiger partial charge in [-0.15, -0.1) is 5.10 Å². The quantitative estimate of drug-likeness (QED) is 0.401. The number of nitrogens with one attached hydrogen (secondary N) is 1. The smallest absolute Gasteiger partial charge is 0.354 e. The van der Waals surface area contributed by atoms with Gasteiger partial charge in [0.05, 0.1) is 12.3 Å². The maximum absolute atomic E-state index is 11.8. The van der Waals surface area contributed by atoms with Crippen LogP contribution in [0.1, 0.15) is 40.9 Å². The minimum atomic E-state index is -1.09. The second kappa shape index (κ2) is 8.88. The molecule has 0 aliphatic carbocycles. The number of carboxylic acid groups (broad SMARTS) is 1. The molecule has 0 saturated carbocycles. The molecule has 2 aromatic carbocycles. The van der Waals surface area contributed by atoms with Gasteiger partial charge in [0.15, 0.2) is 11.5 Å². The Hall–Kier alpha value is -3.85. The number of H-pyrrole nitrogens is 1. The number of hydrogen-bond donors (Lipinski definition) is 3. The first-order valence-electron chi connectivity index (χ1n) is 9.97. The predicted molar refractivity (Wildman–Crippen MR) is 113 cm³/mol. The molecule has 0 aliphatic rings. The van der Waals surface area contributed by atoms with E-state index in [0.29, 0.717) is 24.6 Å². The molecule has 4 aromatic rings. The van der Waals surface area contributed by atoms with Crippen molar-refractivity contribution in [3.63, 3.8) is 0 Å². The molecule has 2 aromatic heterocycles. The molecular weight excluding hydrogens is 396 g/mol. The highest BCUT2D eigenvalue weighted by molar-refractivity contribution is 5.87. The highest BCUT2D eigenvalue weighted by Crippen LogP contribution is 2.30. The minimum absolute atomic E-state index is 0.0400. The van der Waals surface area contributed by atoms with Crippen LogP contribution in [0.25, 0.3) is 22.5 Å². The van der Waals surface area contributed by atoms with E-state index in [-0.39, 0.29) is 11.4 Å². The second-order valence-corrected chi connectivity index (χ2v) is 7.12. The number of nitrogens with zero attached hydrogens (tertiary/aromatic N) is 5. The third kappa shape index (κ3) is 4.08. The van der Waals surface area contributed by atoms with E-state index in [2.05, 4.69) is 25.6 Å². The van der Waals surface area contributed by atoms with Crippen LogP contribution in [0.5, 0.6) is 0 Å². The van der Waals surface area contributed by atoms with Gasteiger partial charge in [-0.3, -0.25) is 0 Å². The maximum Gasteiger partial charge on any atom is 0.354 e. The lowest BCUT2D eigenvalue weighted by molar-refractivity contribution is 0.0681. The normalized spacial score (nSPS) is 11.0. The van der Waals surface area contributed by atoms with Crippen molar-refractivity contribution in [3.8, 4) is 22.5 Å². The SMILES string of the molecule is CCCc1nc(CO)c(C(=O)O)n1Cc1ccc(-c2ccccc2-c2nnn[nH]2)cc1. The Morgan fingerprint density at radius 3 is 2.45 bits per heavy atom. The van der Waals surface area contributed by atoms with E-state index in [1.165, 1.54) is 0 Å². The summed E-state index contributed by atoms with van der Waals surface area (Å²) in [5.41, 5.74) is 4.03. The summed E-state index contributed by atoms with van der Waals surface area (Å²) in [5.74, 6) is 0.159. The number of tetrazole rings is 1. The fraction of sp³-hybridized carbons (Fsp3) is 0.227. The first kappa shape index (κ1) is 20.4. The van der Waals surface area contributed by atoms with E-state index < -0.39 is 12.6 Å². The number of carbonyl (C=O) groups is 1. The van der Waals surface area contributed by atoms with E-state index in [0.717, 1.165) is 28.7 Å². The highest BCUT2D eigenvalue weighted by atomic mass is 16.4. The summed E-state index contributed by atoms with van der Waals surface area (Å²) in [4.78, 5) is 16.2. The summed E-state index contributed by atoms with van der Waals surface area (Å²) in [6.07, 6.45) is 1.46. The van der Waals surface area contributed by atoms with Crippen molar-refractivity contribution in [2.45, 2.75) is 32.9 Å². The molecule has 158 valence electrons. The predicted octanol–water partition coefficient (Wildman–Crippen LogP) is 2.92. The summed E-state index contributed by atoms with van der Waals surface area (Å²) in [7, 11) is 0. The zero-order valence-electron chi connectivity index (χ0n) is 17.0. The van der Waals surface area contributed by atoms with Gasteiger partial charge in [0.2, 0.25) is 0 Å². The number of carboxylic acids is 1. The molecule has 0 amide bonds. The van der Waals surface area contributed by atoms with Gasteiger partial charge < -0.3 is 14.8 Å². The summed E-state index contributed by atoms with van der Waals surface area (Å²) in [5, 5.41) is 33.3. The molecule has 2 heterocycles. The topological polar surface area (TPSA) is 130 Å². The molecule has 0 radical (unpaired) electrons. The summed E-state index contributed by atoms with van der Waals surface area (Å²) < 4.78 is 1.68. The molecule has 9 nitrogen and oxygen atoms in total. The lowest BCUT2D eigenvalue weighted by Gasteiger charge is -2.12. The van der Waals surface area contributed by atoms with E-state index in [4.69, 9.17) is 0 Å². The molecular formula is C22H22N6O3. The number of imidazole rings is 1. The van der Waals surface area contributed by atoms with Crippen molar-refractivity contribution in [2.24, 2.45) is 0 Å². The van der Waals surface area contributed by atoms with Crippen LogP contribution in [0.15, 0.2) is 48.5 Å². The van der Waals surface area contributed by atoms with Crippen LogP contribution in [-0.2, 0) is 19.6 Å². The fourth-order valence-electron chi connectivity index (χ4n) is 3.67. The number of benzene rings is 2. The molecule has 4 rings (SSSR count). The van der Waals surface area contributed by atoms with Crippen molar-refractivity contribution in [1.82, 2.24) is 30.2 Å². The van der Waals surface area contributed by atoms with E-state index in [9.17, 15) is 15.0 Å². The average molecular weight is 418 g/mol. The van der Waals surface area contributed by atoms with Gasteiger partial charge in [-0.1, -0.05) is 55.5 Å². The van der Waals surface area contributed by atoms with Crippen LogP contribution in [0, 0.1) is 0 Å². The van der Waals surface area contributed by atoms with Gasteiger partial charge in [0.25, 0.3) is 0 Å². The van der Waals surface area contributed by atoms with Crippen LogP contribution >= 0.6 is 0 Å². The molecule has 0 fully saturated rings. The first-order chi connectivity index (χ1) is 15.1. The van der Waals surface area contributed by atoms with Gasteiger partial charge >= 0.3 is 5.97 Å². The Kier molecular flexibility index (Phi) is 5.85. The van der Waals surface area contributed by atoms with Crippen LogP contribution < -0.4 is 0 Å². The summed E-state index contributed by atoms with van der Waals surface area (Å²) in [6.45, 7) is 1.96. The zero-order valence-corrected chi connectivity index (χ0v) is 17.0. The van der Waals surface area contributed by atoms with Gasteiger partial charge in [0, 0.05) is 18.5 Å². The average Bonchev–Trinajstić information content (AvgIpc) is 3.43. The lowest BCUT2D eigenvalue weighted by atomic mass is 9.98. The number of aromatic nitrogens is 6. The Labute approximate surface area is 178 Å². The van der Waals surface area contributed by atoms with Crippen molar-refractivity contribution >= 4 is 5.97 Å². The van der Waals surface area contributed by atoms with Gasteiger partial charge in [-0.2, -0.15) is 0 Å². The Balaban J connectivity index is 1.67. The van der Waals surface area contributed by atoms with E-state index in [1.807, 2.05) is 55.5 Å². The maximum atomic E-state index is 11.8. The number of aryl methyl sites for hydroxylation is 1. The van der Waals surface area contributed by atoms with Crippen LogP contribution in [0.2, 0.25) is 0 Å². The van der Waals surface area contributed by atoms with E-state index in [1.54, 1.807) is 4.57 Å². The van der Waals surface area contributed by atoms with Gasteiger partial charge in [0.1, 0.15) is 5.82 Å². The third-order valence-electron chi connectivity index (χ3n) is 5.08. The number of aliphatic hydroxyl groups is 1. The van der Waals surface area contributed by atoms with Crippen molar-refractivity contribution in [1.29, 1.82) is 0 Å². The lowest BCUT2D eigenvalue weighted by Crippen LogP contribution is -2.13. The largest absolute Gasteiger partial charge is 0.477 e. The Bertz CT molecular complexity index is 1180. The second-order valence-electron chi connectivity index (χ2n) is 7.12. The zero-order chi connectivity index (χ0) is 21.8. The van der Waals surface area contributed by atoms with Crippen molar-refractivity contribution < 1.29 is 15.0 Å². The number of aromatic carboxylic acids is 1. The molecule has 0 saturated heterocycles. The molecule has 0 unspecified atom stereocenters. The Morgan fingerprint density at radius 2 is 1.84 bits per heavy atom. The van der Waals surface area contributed by atoms with Gasteiger partial charge in [-0.25, -0.2) is 14.9 Å². The molecule has 0 atom stereocenters. The molecule has 9 heteroatoms. The standard InChI is InChI=1S/C22H22N6O3/c1-2-5-19-23-18(13-29)20(22(30)31)28(19)12-14-8-10-15(11-9-14)16-6-3-4-7-17(16)21-24-26-27-25-21/h3-4,6-11,29H,2,5,12-13H2,1H3,(H,30,31)(H,24,25,26,27). The number of rotatable bonds is 8. The third-order valence-corrected chi connectivity index (χ3v) is 5.08. The molecule has 0 bridgehead atoms. The molecule has 0 aliphatic heterocycles. The molecule has 31 heavy (non-hydrogen) atoms. The minimum Gasteiger partial charge on any atom is -0.477 e. The van der Waals surface area contributed by atoms with Gasteiger partial charge in [-0.05, 0) is 33.5 Å². The number of aliphatic hydroxyl groups excluding tert-OH is 1. The van der Waals surface area contributed by atoms with Crippen LogP contribution in [0.3, 0.4) is 0 Å². The molecule has 3 N–H and O–H groups in total. The van der Waals surface area contributed by atoms with E-state index >= 15 is 0 Å². The number of hydrogen-bond acceptors (Lipinski definition) is 6.